The molecule has 2 aromatic rings. The van der Waals surface area contributed by atoms with Crippen molar-refractivity contribution in [1.82, 2.24) is 9.97 Å². The van der Waals surface area contributed by atoms with Gasteiger partial charge in [0.05, 0.1) is 12.8 Å². The van der Waals surface area contributed by atoms with E-state index < -0.39 is 11.7 Å². The first-order valence-electron chi connectivity index (χ1n) is 5.24. The standard InChI is InChI=1S/C12H11FN2O3/c1-18-11(16)10-9(14-12(17)15-10)6-7-3-2-4-8(13)5-7/h2-5H,6H2,1H3,(H2,14,15,17). The SMILES string of the molecule is COC(=O)c1[nH]c(=O)[nH]c1Cc1cccc(F)c1. The number of nitrogens with one attached hydrogen (secondary N) is 2. The molecule has 5 nitrogen and oxygen atoms in total. The number of hydrogen-bond donors (Lipinski definition) is 2. The van der Waals surface area contributed by atoms with E-state index in [0.29, 0.717) is 11.3 Å². The first-order chi connectivity index (χ1) is 8.60. The number of benzene rings is 1. The number of ether oxygens (including phenoxy) is 1. The van der Waals surface area contributed by atoms with E-state index in [2.05, 4.69) is 14.7 Å². The van der Waals surface area contributed by atoms with Gasteiger partial charge in [0.15, 0.2) is 0 Å². The minimum absolute atomic E-state index is 0.0618. The molecule has 0 radical (unpaired) electrons. The normalized spacial score (nSPS) is 10.3. The number of methoxy groups -OCH3 is 1. The van der Waals surface area contributed by atoms with Gasteiger partial charge in [0, 0.05) is 6.42 Å². The summed E-state index contributed by atoms with van der Waals surface area (Å²) in [6, 6.07) is 5.93. The number of aromatic nitrogens is 2. The van der Waals surface area contributed by atoms with Crippen LogP contribution in [0.3, 0.4) is 0 Å². The number of H-pyrrole nitrogens is 2. The van der Waals surface area contributed by atoms with E-state index in [9.17, 15) is 14.0 Å². The van der Waals surface area contributed by atoms with Crippen LogP contribution in [-0.2, 0) is 11.2 Å². The van der Waals surface area contributed by atoms with Gasteiger partial charge in [-0.3, -0.25) is 4.98 Å². The second kappa shape index (κ2) is 4.87. The van der Waals surface area contributed by atoms with Gasteiger partial charge in [-0.15, -0.1) is 0 Å². The third kappa shape index (κ3) is 2.48. The lowest BCUT2D eigenvalue weighted by Crippen LogP contribution is -2.07. The molecule has 0 amide bonds. The predicted octanol–water partition coefficient (Wildman–Crippen LogP) is 1.22. The zero-order valence-corrected chi connectivity index (χ0v) is 9.62. The number of imidazole rings is 1. The van der Waals surface area contributed by atoms with Crippen LogP contribution in [0.15, 0.2) is 29.1 Å². The fraction of sp³-hybridized carbons (Fsp3) is 0.167. The van der Waals surface area contributed by atoms with Gasteiger partial charge >= 0.3 is 11.7 Å². The van der Waals surface area contributed by atoms with Gasteiger partial charge < -0.3 is 9.72 Å². The Hall–Kier alpha value is -2.37. The number of aromatic amines is 2. The van der Waals surface area contributed by atoms with Crippen LogP contribution in [0.4, 0.5) is 4.39 Å². The Morgan fingerprint density at radius 3 is 2.83 bits per heavy atom. The Balaban J connectivity index is 2.34. The largest absolute Gasteiger partial charge is 0.464 e. The number of esters is 1. The quantitative estimate of drug-likeness (QED) is 0.804. The molecule has 0 spiro atoms. The van der Waals surface area contributed by atoms with Crippen LogP contribution in [0, 0.1) is 5.82 Å². The minimum atomic E-state index is -0.639. The maximum atomic E-state index is 13.0. The fourth-order valence-electron chi connectivity index (χ4n) is 1.68. The van der Waals surface area contributed by atoms with Crippen LogP contribution in [0.1, 0.15) is 21.7 Å². The van der Waals surface area contributed by atoms with Crippen LogP contribution in [0.5, 0.6) is 0 Å². The van der Waals surface area contributed by atoms with Gasteiger partial charge in [0.2, 0.25) is 0 Å². The highest BCUT2D eigenvalue weighted by molar-refractivity contribution is 5.88. The van der Waals surface area contributed by atoms with Gasteiger partial charge in [0.25, 0.3) is 0 Å². The predicted molar refractivity (Wildman–Crippen MR) is 62.0 cm³/mol. The first kappa shape index (κ1) is 12.1. The minimum Gasteiger partial charge on any atom is -0.464 e. The molecule has 0 aliphatic carbocycles. The van der Waals surface area contributed by atoms with Crippen molar-refractivity contribution in [2.45, 2.75) is 6.42 Å². The summed E-state index contributed by atoms with van der Waals surface area (Å²) in [6.45, 7) is 0. The summed E-state index contributed by atoms with van der Waals surface area (Å²) in [4.78, 5) is 27.5. The van der Waals surface area contributed by atoms with E-state index in [1.165, 1.54) is 19.2 Å². The topological polar surface area (TPSA) is 75.0 Å². The second-order valence-electron chi connectivity index (χ2n) is 3.73. The van der Waals surface area contributed by atoms with E-state index >= 15 is 0 Å². The Morgan fingerprint density at radius 1 is 1.39 bits per heavy atom. The zero-order valence-electron chi connectivity index (χ0n) is 9.62. The molecule has 0 aliphatic heterocycles. The fourth-order valence-corrected chi connectivity index (χ4v) is 1.68. The molecule has 0 atom stereocenters. The van der Waals surface area contributed by atoms with Crippen molar-refractivity contribution in [3.05, 3.63) is 57.5 Å². The molecule has 1 heterocycles. The summed E-state index contributed by atoms with van der Waals surface area (Å²) in [5, 5.41) is 0. The van der Waals surface area contributed by atoms with Crippen LogP contribution < -0.4 is 5.69 Å². The van der Waals surface area contributed by atoms with Crippen molar-refractivity contribution in [2.24, 2.45) is 0 Å². The van der Waals surface area contributed by atoms with E-state index in [1.54, 1.807) is 12.1 Å². The van der Waals surface area contributed by atoms with Crippen LogP contribution in [0.25, 0.3) is 0 Å². The van der Waals surface area contributed by atoms with Crippen molar-refractivity contribution in [3.63, 3.8) is 0 Å². The van der Waals surface area contributed by atoms with Crippen molar-refractivity contribution in [1.29, 1.82) is 0 Å². The molecule has 0 saturated heterocycles. The third-order valence-corrected chi connectivity index (χ3v) is 2.46. The van der Waals surface area contributed by atoms with Gasteiger partial charge in [-0.1, -0.05) is 12.1 Å². The summed E-state index contributed by atoms with van der Waals surface area (Å²) in [5.41, 5.74) is 0.585. The molecule has 0 aliphatic rings. The molecule has 0 bridgehead atoms. The number of carbonyl (C=O) groups is 1. The molecule has 2 N–H and O–H groups in total. The molecule has 2 rings (SSSR count). The Bertz CT molecular complexity index is 630. The van der Waals surface area contributed by atoms with E-state index in [1.807, 2.05) is 0 Å². The highest BCUT2D eigenvalue weighted by Crippen LogP contribution is 2.11. The van der Waals surface area contributed by atoms with Crippen molar-refractivity contribution in [3.8, 4) is 0 Å². The summed E-state index contributed by atoms with van der Waals surface area (Å²) < 4.78 is 17.6. The van der Waals surface area contributed by atoms with Gasteiger partial charge in [-0.25, -0.2) is 14.0 Å². The van der Waals surface area contributed by atoms with Crippen LogP contribution in [0.2, 0.25) is 0 Å². The van der Waals surface area contributed by atoms with E-state index in [-0.39, 0.29) is 17.9 Å². The highest BCUT2D eigenvalue weighted by atomic mass is 19.1. The third-order valence-electron chi connectivity index (χ3n) is 2.46. The highest BCUT2D eigenvalue weighted by Gasteiger charge is 2.16. The van der Waals surface area contributed by atoms with E-state index in [0.717, 1.165) is 0 Å². The van der Waals surface area contributed by atoms with Gasteiger partial charge in [-0.2, -0.15) is 0 Å². The maximum absolute atomic E-state index is 13.0. The molecular formula is C12H11FN2O3. The molecule has 6 heteroatoms. The first-order valence-corrected chi connectivity index (χ1v) is 5.24. The average molecular weight is 250 g/mol. The summed E-state index contributed by atoms with van der Waals surface area (Å²) >= 11 is 0. The number of rotatable bonds is 3. The molecular weight excluding hydrogens is 239 g/mol. The lowest BCUT2D eigenvalue weighted by atomic mass is 10.1. The van der Waals surface area contributed by atoms with Crippen molar-refractivity contribution >= 4 is 5.97 Å². The van der Waals surface area contributed by atoms with Crippen LogP contribution >= 0.6 is 0 Å². The zero-order chi connectivity index (χ0) is 13.1. The molecule has 1 aromatic heterocycles. The smallest absolute Gasteiger partial charge is 0.356 e. The number of hydrogen-bond acceptors (Lipinski definition) is 3. The molecule has 0 fully saturated rings. The van der Waals surface area contributed by atoms with Gasteiger partial charge in [-0.05, 0) is 17.7 Å². The van der Waals surface area contributed by atoms with Crippen LogP contribution in [-0.4, -0.2) is 23.0 Å². The summed E-state index contributed by atoms with van der Waals surface area (Å²) in [5.74, 6) is -1.01. The molecule has 1 aromatic carbocycles. The number of halogens is 1. The maximum Gasteiger partial charge on any atom is 0.356 e. The second-order valence-corrected chi connectivity index (χ2v) is 3.73. The average Bonchev–Trinajstić information content (AvgIpc) is 2.69. The number of carbonyl (C=O) groups excluding carboxylic acids is 1. The molecule has 0 saturated carbocycles. The lowest BCUT2D eigenvalue weighted by molar-refractivity contribution is 0.0593. The Morgan fingerprint density at radius 2 is 2.17 bits per heavy atom. The Labute approximate surface area is 102 Å². The summed E-state index contributed by atoms with van der Waals surface area (Å²) in [6.07, 6.45) is 0.237. The lowest BCUT2D eigenvalue weighted by Gasteiger charge is -2.02. The monoisotopic (exact) mass is 250 g/mol. The van der Waals surface area contributed by atoms with Crippen molar-refractivity contribution in [2.75, 3.05) is 7.11 Å². The van der Waals surface area contributed by atoms with Gasteiger partial charge in [0.1, 0.15) is 11.5 Å². The summed E-state index contributed by atoms with van der Waals surface area (Å²) in [7, 11) is 1.22. The van der Waals surface area contributed by atoms with Crippen molar-refractivity contribution < 1.29 is 13.9 Å². The van der Waals surface area contributed by atoms with E-state index in [4.69, 9.17) is 0 Å². The molecule has 94 valence electrons. The molecule has 18 heavy (non-hydrogen) atoms. The molecule has 0 unspecified atom stereocenters. The Kier molecular flexibility index (Phi) is 3.27.